The Kier molecular flexibility index (Phi) is 7.79. The van der Waals surface area contributed by atoms with Crippen LogP contribution >= 0.6 is 12.4 Å². The average Bonchev–Trinajstić information content (AvgIpc) is 2.38. The van der Waals surface area contributed by atoms with Gasteiger partial charge in [0.25, 0.3) is 0 Å². The number of carbonyl (C=O) groups excluding carboxylic acids is 2. The highest BCUT2D eigenvalue weighted by molar-refractivity contribution is 5.96. The number of nitrogens with one attached hydrogen (secondary N) is 1. The number of hydrogen-bond acceptors (Lipinski definition) is 4. The van der Waals surface area contributed by atoms with Crippen molar-refractivity contribution in [3.63, 3.8) is 0 Å². The molecule has 6 heteroatoms. The Morgan fingerprint density at radius 1 is 1.37 bits per heavy atom. The Hall–Kier alpha value is -1.59. The molecular weight excluding hydrogens is 268 g/mol. The summed E-state index contributed by atoms with van der Waals surface area (Å²) in [6, 6.07) is 6.03. The second kappa shape index (κ2) is 8.50. The maximum absolute atomic E-state index is 11.6. The number of anilines is 1. The molecule has 0 aliphatic carbocycles. The van der Waals surface area contributed by atoms with Crippen molar-refractivity contribution in [1.82, 2.24) is 0 Å². The number of rotatable bonds is 5. The van der Waals surface area contributed by atoms with E-state index >= 15 is 0 Å². The second-order valence-corrected chi connectivity index (χ2v) is 3.81. The van der Waals surface area contributed by atoms with E-state index in [-0.39, 0.29) is 18.3 Å². The number of halogens is 1. The van der Waals surface area contributed by atoms with Crippen molar-refractivity contribution in [3.8, 4) is 0 Å². The fraction of sp³-hybridized carbons (Fsp3) is 0.385. The Labute approximate surface area is 118 Å². The third-order valence-corrected chi connectivity index (χ3v) is 2.42. The molecule has 0 aliphatic heterocycles. The van der Waals surface area contributed by atoms with Crippen LogP contribution in [0.5, 0.6) is 0 Å². The molecule has 0 radical (unpaired) electrons. The van der Waals surface area contributed by atoms with E-state index in [1.807, 2.05) is 6.92 Å². The SMILES string of the molecule is CCOC(=O)c1cccc(NC(=O)[C@@H](N)CC)c1.Cl. The summed E-state index contributed by atoms with van der Waals surface area (Å²) in [6.07, 6.45) is 0.559. The van der Waals surface area contributed by atoms with Gasteiger partial charge in [-0.05, 0) is 31.5 Å². The van der Waals surface area contributed by atoms with Gasteiger partial charge >= 0.3 is 5.97 Å². The fourth-order valence-electron chi connectivity index (χ4n) is 1.36. The first kappa shape index (κ1) is 17.4. The molecule has 0 spiro atoms. The number of esters is 1. The van der Waals surface area contributed by atoms with E-state index in [4.69, 9.17) is 10.5 Å². The third kappa shape index (κ3) is 5.28. The summed E-state index contributed by atoms with van der Waals surface area (Å²) in [5.41, 5.74) is 6.55. The van der Waals surface area contributed by atoms with Crippen LogP contribution in [0.2, 0.25) is 0 Å². The van der Waals surface area contributed by atoms with Gasteiger partial charge in [-0.1, -0.05) is 13.0 Å². The predicted octanol–water partition coefficient (Wildman–Crippen LogP) is 1.96. The van der Waals surface area contributed by atoms with E-state index in [0.717, 1.165) is 0 Å². The van der Waals surface area contributed by atoms with Gasteiger partial charge in [0.2, 0.25) is 5.91 Å². The van der Waals surface area contributed by atoms with Crippen LogP contribution < -0.4 is 11.1 Å². The van der Waals surface area contributed by atoms with Gasteiger partial charge in [0, 0.05) is 5.69 Å². The topological polar surface area (TPSA) is 81.4 Å². The van der Waals surface area contributed by atoms with Gasteiger partial charge in [0.15, 0.2) is 0 Å². The van der Waals surface area contributed by atoms with Crippen LogP contribution in [0.25, 0.3) is 0 Å². The lowest BCUT2D eigenvalue weighted by atomic mass is 10.2. The molecule has 1 aromatic carbocycles. The highest BCUT2D eigenvalue weighted by Crippen LogP contribution is 2.12. The van der Waals surface area contributed by atoms with E-state index in [2.05, 4.69) is 5.32 Å². The lowest BCUT2D eigenvalue weighted by Gasteiger charge is -2.10. The molecule has 5 nitrogen and oxygen atoms in total. The van der Waals surface area contributed by atoms with E-state index in [1.54, 1.807) is 31.2 Å². The Morgan fingerprint density at radius 3 is 2.63 bits per heavy atom. The molecule has 1 rings (SSSR count). The molecule has 0 unspecified atom stereocenters. The molecule has 19 heavy (non-hydrogen) atoms. The smallest absolute Gasteiger partial charge is 0.338 e. The van der Waals surface area contributed by atoms with Crippen molar-refractivity contribution in [2.24, 2.45) is 5.73 Å². The first-order chi connectivity index (χ1) is 8.58. The van der Waals surface area contributed by atoms with Crippen LogP contribution in [0.1, 0.15) is 30.6 Å². The second-order valence-electron chi connectivity index (χ2n) is 3.81. The van der Waals surface area contributed by atoms with Gasteiger partial charge in [0.1, 0.15) is 0 Å². The predicted molar refractivity (Wildman–Crippen MR) is 76.5 cm³/mol. The number of amides is 1. The maximum Gasteiger partial charge on any atom is 0.338 e. The number of hydrogen-bond donors (Lipinski definition) is 2. The minimum absolute atomic E-state index is 0. The highest BCUT2D eigenvalue weighted by atomic mass is 35.5. The Balaban J connectivity index is 0.00000324. The van der Waals surface area contributed by atoms with Gasteiger partial charge < -0.3 is 15.8 Å². The van der Waals surface area contributed by atoms with Gasteiger partial charge in [-0.25, -0.2) is 4.79 Å². The molecule has 0 saturated carbocycles. The largest absolute Gasteiger partial charge is 0.462 e. The fourth-order valence-corrected chi connectivity index (χ4v) is 1.36. The van der Waals surface area contributed by atoms with Crippen molar-refractivity contribution in [2.45, 2.75) is 26.3 Å². The van der Waals surface area contributed by atoms with Crippen LogP contribution in [0.4, 0.5) is 5.69 Å². The minimum Gasteiger partial charge on any atom is -0.462 e. The Bertz CT molecular complexity index is 438. The molecule has 1 amide bonds. The number of ether oxygens (including phenoxy) is 1. The summed E-state index contributed by atoms with van der Waals surface area (Å²) >= 11 is 0. The molecule has 1 atom stereocenters. The third-order valence-electron chi connectivity index (χ3n) is 2.42. The molecule has 1 aromatic rings. The lowest BCUT2D eigenvalue weighted by Crippen LogP contribution is -2.34. The van der Waals surface area contributed by atoms with Crippen LogP contribution in [0.3, 0.4) is 0 Å². The zero-order valence-corrected chi connectivity index (χ0v) is 11.8. The summed E-state index contributed by atoms with van der Waals surface area (Å²) in [4.78, 5) is 23.1. The van der Waals surface area contributed by atoms with Crippen molar-refractivity contribution in [1.29, 1.82) is 0 Å². The summed E-state index contributed by atoms with van der Waals surface area (Å²) in [5, 5.41) is 2.66. The summed E-state index contributed by atoms with van der Waals surface area (Å²) in [7, 11) is 0. The maximum atomic E-state index is 11.6. The van der Waals surface area contributed by atoms with E-state index in [1.165, 1.54) is 0 Å². The summed E-state index contributed by atoms with van der Waals surface area (Å²) < 4.78 is 4.88. The van der Waals surface area contributed by atoms with E-state index < -0.39 is 12.0 Å². The molecule has 0 heterocycles. The molecule has 0 saturated heterocycles. The van der Waals surface area contributed by atoms with Gasteiger partial charge in [-0.2, -0.15) is 0 Å². The molecule has 0 aliphatic rings. The number of benzene rings is 1. The zero-order valence-electron chi connectivity index (χ0n) is 11.0. The quantitative estimate of drug-likeness (QED) is 0.811. The first-order valence-electron chi connectivity index (χ1n) is 5.92. The van der Waals surface area contributed by atoms with Crippen molar-refractivity contribution in [3.05, 3.63) is 29.8 Å². The normalized spacial score (nSPS) is 11.1. The molecule has 3 N–H and O–H groups in total. The standard InChI is InChI=1S/C13H18N2O3.ClH/c1-3-11(14)12(16)15-10-7-5-6-9(8-10)13(17)18-4-2;/h5-8,11H,3-4,14H2,1-2H3,(H,15,16);1H/t11-;/m0./s1. The average molecular weight is 287 g/mol. The number of carbonyl (C=O) groups is 2. The molecule has 0 bridgehead atoms. The monoisotopic (exact) mass is 286 g/mol. The van der Waals surface area contributed by atoms with Gasteiger partial charge in [-0.15, -0.1) is 12.4 Å². The minimum atomic E-state index is -0.545. The molecule has 106 valence electrons. The van der Waals surface area contributed by atoms with E-state index in [0.29, 0.717) is 24.3 Å². The van der Waals surface area contributed by atoms with Crippen LogP contribution in [0, 0.1) is 0 Å². The van der Waals surface area contributed by atoms with Gasteiger partial charge in [0.05, 0.1) is 18.2 Å². The summed E-state index contributed by atoms with van der Waals surface area (Å²) in [5.74, 6) is -0.674. The molecule has 0 aromatic heterocycles. The van der Waals surface area contributed by atoms with Crippen molar-refractivity contribution in [2.75, 3.05) is 11.9 Å². The number of nitrogens with two attached hydrogens (primary N) is 1. The van der Waals surface area contributed by atoms with Gasteiger partial charge in [-0.3, -0.25) is 4.79 Å². The highest BCUT2D eigenvalue weighted by Gasteiger charge is 2.12. The molecular formula is C13H19ClN2O3. The molecule has 0 fully saturated rings. The first-order valence-corrected chi connectivity index (χ1v) is 5.92. The van der Waals surface area contributed by atoms with Crippen molar-refractivity contribution < 1.29 is 14.3 Å². The van der Waals surface area contributed by atoms with E-state index in [9.17, 15) is 9.59 Å². The zero-order chi connectivity index (χ0) is 13.5. The van der Waals surface area contributed by atoms with Crippen LogP contribution in [-0.4, -0.2) is 24.5 Å². The summed E-state index contributed by atoms with van der Waals surface area (Å²) in [6.45, 7) is 3.89. The van der Waals surface area contributed by atoms with Crippen LogP contribution in [0.15, 0.2) is 24.3 Å². The van der Waals surface area contributed by atoms with Crippen molar-refractivity contribution >= 4 is 30.0 Å². The Morgan fingerprint density at radius 2 is 2.05 bits per heavy atom. The van der Waals surface area contributed by atoms with Crippen LogP contribution in [-0.2, 0) is 9.53 Å². The lowest BCUT2D eigenvalue weighted by molar-refractivity contribution is -0.117.